The van der Waals surface area contributed by atoms with Crippen LogP contribution in [0.5, 0.6) is 0 Å². The van der Waals surface area contributed by atoms with Crippen LogP contribution < -0.4 is 5.56 Å². The van der Waals surface area contributed by atoms with E-state index in [-0.39, 0.29) is 11.0 Å². The molecule has 0 amide bonds. The van der Waals surface area contributed by atoms with Crippen molar-refractivity contribution in [3.63, 3.8) is 0 Å². The maximum absolute atomic E-state index is 13.1. The zero-order chi connectivity index (χ0) is 19.3. The highest BCUT2D eigenvalue weighted by Gasteiger charge is 2.26. The number of aromatic nitrogens is 5. The largest absolute Gasteiger partial charge is 0.278 e. The summed E-state index contributed by atoms with van der Waals surface area (Å²) >= 11 is 1.45. The van der Waals surface area contributed by atoms with E-state index in [2.05, 4.69) is 30.7 Å². The molecule has 0 radical (unpaired) electrons. The summed E-state index contributed by atoms with van der Waals surface area (Å²) < 4.78 is 3.54. The molecule has 7 heteroatoms. The molecule has 26 heavy (non-hydrogen) atoms. The molecule has 0 aliphatic heterocycles. The van der Waals surface area contributed by atoms with Crippen LogP contribution in [-0.2, 0) is 11.0 Å². The van der Waals surface area contributed by atoms with Gasteiger partial charge in [-0.2, -0.15) is 0 Å². The molecule has 0 aliphatic rings. The fourth-order valence-electron chi connectivity index (χ4n) is 2.84. The number of hydrogen-bond acceptors (Lipinski definition) is 5. The first kappa shape index (κ1) is 18.6. The predicted molar refractivity (Wildman–Crippen MR) is 106 cm³/mol. The summed E-state index contributed by atoms with van der Waals surface area (Å²) in [5.74, 6) is 0.685. The van der Waals surface area contributed by atoms with Gasteiger partial charge in [-0.25, -0.2) is 24.3 Å². The van der Waals surface area contributed by atoms with Gasteiger partial charge in [0.15, 0.2) is 16.6 Å². The normalized spacial score (nSPS) is 12.7. The van der Waals surface area contributed by atoms with Gasteiger partial charge in [-0.3, -0.25) is 4.79 Å². The van der Waals surface area contributed by atoms with E-state index in [9.17, 15) is 4.79 Å². The number of pyridine rings is 1. The second-order valence-electron chi connectivity index (χ2n) is 8.32. The average Bonchev–Trinajstić information content (AvgIpc) is 2.86. The van der Waals surface area contributed by atoms with Crippen LogP contribution >= 0.6 is 11.8 Å². The van der Waals surface area contributed by atoms with Crippen LogP contribution in [0.1, 0.15) is 47.2 Å². The van der Waals surface area contributed by atoms with Crippen molar-refractivity contribution in [1.29, 1.82) is 0 Å². The zero-order valence-electron chi connectivity index (χ0n) is 16.4. The van der Waals surface area contributed by atoms with E-state index in [1.54, 1.807) is 10.9 Å². The topological polar surface area (TPSA) is 65.6 Å². The first-order valence-corrected chi connectivity index (χ1v) is 9.79. The lowest BCUT2D eigenvalue weighted by molar-refractivity contribution is 0.320. The van der Waals surface area contributed by atoms with Crippen LogP contribution in [0, 0.1) is 0 Å². The maximum Gasteiger partial charge on any atom is 0.278 e. The monoisotopic (exact) mass is 371 g/mol. The lowest BCUT2D eigenvalue weighted by Crippen LogP contribution is -2.36. The standard InChI is InChI=1S/C19H25N5OS/c1-18(2,3)13-9-8-10-14(21-13)23-15-12(11-20-17(22-15)26-7)16(25)24(23)19(4,5)6/h8-11H,1-7H3. The van der Waals surface area contributed by atoms with E-state index < -0.39 is 5.54 Å². The second kappa shape index (κ2) is 6.23. The Labute approximate surface area is 157 Å². The molecule has 0 aromatic carbocycles. The molecule has 3 rings (SSSR count). The van der Waals surface area contributed by atoms with Crippen LogP contribution in [0.25, 0.3) is 16.9 Å². The molecule has 138 valence electrons. The van der Waals surface area contributed by atoms with E-state index in [1.165, 1.54) is 11.8 Å². The van der Waals surface area contributed by atoms with E-state index in [4.69, 9.17) is 4.98 Å². The van der Waals surface area contributed by atoms with Gasteiger partial charge in [0.05, 0.1) is 5.54 Å². The van der Waals surface area contributed by atoms with Crippen molar-refractivity contribution in [2.24, 2.45) is 0 Å². The van der Waals surface area contributed by atoms with Gasteiger partial charge < -0.3 is 0 Å². The predicted octanol–water partition coefficient (Wildman–Crippen LogP) is 3.75. The fraction of sp³-hybridized carbons (Fsp3) is 0.474. The first-order chi connectivity index (χ1) is 12.0. The molecule has 0 spiro atoms. The van der Waals surface area contributed by atoms with Crippen LogP contribution in [0.4, 0.5) is 0 Å². The summed E-state index contributed by atoms with van der Waals surface area (Å²) in [5.41, 5.74) is 0.914. The Morgan fingerprint density at radius 1 is 1.04 bits per heavy atom. The molecule has 0 unspecified atom stereocenters. The minimum Gasteiger partial charge on any atom is -0.267 e. The number of rotatable bonds is 2. The molecule has 6 nitrogen and oxygen atoms in total. The van der Waals surface area contributed by atoms with Gasteiger partial charge >= 0.3 is 0 Å². The Morgan fingerprint density at radius 2 is 1.73 bits per heavy atom. The molecule has 3 aromatic rings. The summed E-state index contributed by atoms with van der Waals surface area (Å²) in [6.45, 7) is 12.4. The van der Waals surface area contributed by atoms with Gasteiger partial charge in [-0.05, 0) is 39.2 Å². The average molecular weight is 372 g/mol. The zero-order valence-corrected chi connectivity index (χ0v) is 17.2. The Morgan fingerprint density at radius 3 is 2.31 bits per heavy atom. The van der Waals surface area contributed by atoms with Gasteiger partial charge in [-0.1, -0.05) is 38.6 Å². The van der Waals surface area contributed by atoms with Crippen molar-refractivity contribution in [2.75, 3.05) is 6.26 Å². The SMILES string of the molecule is CSc1ncc2c(=O)n(C(C)(C)C)n(-c3cccc(C(C)(C)C)n3)c2n1. The number of nitrogens with zero attached hydrogens (tertiary/aromatic N) is 5. The molecule has 0 saturated carbocycles. The van der Waals surface area contributed by atoms with E-state index >= 15 is 0 Å². The van der Waals surface area contributed by atoms with E-state index in [0.29, 0.717) is 22.0 Å². The second-order valence-corrected chi connectivity index (χ2v) is 9.10. The smallest absolute Gasteiger partial charge is 0.267 e. The third-order valence-electron chi connectivity index (χ3n) is 4.11. The Bertz CT molecular complexity index is 1020. The Balaban J connectivity index is 2.43. The van der Waals surface area contributed by atoms with Crippen LogP contribution in [0.2, 0.25) is 0 Å². The van der Waals surface area contributed by atoms with Crippen LogP contribution in [-0.4, -0.2) is 30.6 Å². The Kier molecular flexibility index (Phi) is 4.46. The van der Waals surface area contributed by atoms with Crippen molar-refractivity contribution in [2.45, 2.75) is 57.7 Å². The number of hydrogen-bond donors (Lipinski definition) is 0. The highest BCUT2D eigenvalue weighted by molar-refractivity contribution is 7.98. The Hall–Kier alpha value is -2.15. The summed E-state index contributed by atoms with van der Waals surface area (Å²) in [6.07, 6.45) is 3.53. The number of fused-ring (bicyclic) bond motifs is 1. The van der Waals surface area contributed by atoms with Gasteiger partial charge in [0.1, 0.15) is 5.39 Å². The highest BCUT2D eigenvalue weighted by Crippen LogP contribution is 2.25. The third-order valence-corrected chi connectivity index (χ3v) is 4.67. The lowest BCUT2D eigenvalue weighted by Gasteiger charge is -2.25. The fourth-order valence-corrected chi connectivity index (χ4v) is 3.18. The van der Waals surface area contributed by atoms with Crippen LogP contribution in [0.3, 0.4) is 0 Å². The molecule has 0 bridgehead atoms. The molecule has 3 heterocycles. The van der Waals surface area contributed by atoms with Crippen molar-refractivity contribution in [3.05, 3.63) is 40.4 Å². The van der Waals surface area contributed by atoms with Gasteiger partial charge in [0, 0.05) is 17.3 Å². The summed E-state index contributed by atoms with van der Waals surface area (Å²) in [6, 6.07) is 5.90. The lowest BCUT2D eigenvalue weighted by atomic mass is 9.92. The number of thioether (sulfide) groups is 1. The van der Waals surface area contributed by atoms with Crippen molar-refractivity contribution >= 4 is 22.8 Å². The van der Waals surface area contributed by atoms with Gasteiger partial charge in [-0.15, -0.1) is 0 Å². The summed E-state index contributed by atoms with van der Waals surface area (Å²) in [4.78, 5) is 26.8. The molecule has 3 aromatic heterocycles. The summed E-state index contributed by atoms with van der Waals surface area (Å²) in [7, 11) is 0. The molecular weight excluding hydrogens is 346 g/mol. The molecule has 0 N–H and O–H groups in total. The highest BCUT2D eigenvalue weighted by atomic mass is 32.2. The minimum absolute atomic E-state index is 0.0920. The van der Waals surface area contributed by atoms with Crippen molar-refractivity contribution in [3.8, 4) is 5.82 Å². The van der Waals surface area contributed by atoms with E-state index in [0.717, 1.165) is 5.69 Å². The van der Waals surface area contributed by atoms with E-state index in [1.807, 2.05) is 49.9 Å². The molecule has 0 aliphatic carbocycles. The molecule has 0 atom stereocenters. The third kappa shape index (κ3) is 3.16. The van der Waals surface area contributed by atoms with Gasteiger partial charge in [0.25, 0.3) is 5.56 Å². The quantitative estimate of drug-likeness (QED) is 0.507. The molecule has 0 saturated heterocycles. The first-order valence-electron chi connectivity index (χ1n) is 8.57. The summed E-state index contributed by atoms with van der Waals surface area (Å²) in [5, 5.41) is 1.13. The van der Waals surface area contributed by atoms with Gasteiger partial charge in [0.2, 0.25) is 0 Å². The maximum atomic E-state index is 13.1. The minimum atomic E-state index is -0.434. The van der Waals surface area contributed by atoms with Crippen LogP contribution in [0.15, 0.2) is 34.3 Å². The molecular formula is C19H25N5OS. The van der Waals surface area contributed by atoms with Crippen molar-refractivity contribution < 1.29 is 0 Å². The van der Waals surface area contributed by atoms with Crippen molar-refractivity contribution in [1.82, 2.24) is 24.3 Å². The molecule has 0 fully saturated rings.